The van der Waals surface area contributed by atoms with Crippen molar-refractivity contribution in [2.45, 2.75) is 82.6 Å². The van der Waals surface area contributed by atoms with E-state index in [-0.39, 0.29) is 43.9 Å². The summed E-state index contributed by atoms with van der Waals surface area (Å²) >= 11 is 0. The third-order valence-electron chi connectivity index (χ3n) is 9.30. The number of rotatable bonds is 8. The lowest BCUT2D eigenvalue weighted by atomic mass is 9.98. The Labute approximate surface area is 287 Å². The number of carbonyl (C=O) groups is 4. The molecule has 3 aromatic rings. The normalized spacial score (nSPS) is 18.9. The van der Waals surface area contributed by atoms with E-state index in [0.717, 1.165) is 17.7 Å². The molecule has 1 aliphatic carbocycles. The molecule has 2 aromatic carbocycles. The first-order valence-corrected chi connectivity index (χ1v) is 16.4. The summed E-state index contributed by atoms with van der Waals surface area (Å²) < 4.78 is 58.7. The van der Waals surface area contributed by atoms with Crippen LogP contribution in [0, 0.1) is 0 Å². The number of alkyl halides is 3. The summed E-state index contributed by atoms with van der Waals surface area (Å²) in [6.45, 7) is 5.72. The van der Waals surface area contributed by atoms with E-state index in [1.165, 1.54) is 29.0 Å². The van der Waals surface area contributed by atoms with E-state index in [2.05, 4.69) is 5.32 Å². The van der Waals surface area contributed by atoms with E-state index >= 15 is 0 Å². The van der Waals surface area contributed by atoms with Crippen LogP contribution in [0.4, 0.5) is 22.8 Å². The Kier molecular flexibility index (Phi) is 9.08. The minimum Gasteiger partial charge on any atom is -0.465 e. The molecule has 2 aliphatic heterocycles. The van der Waals surface area contributed by atoms with Gasteiger partial charge in [-0.3, -0.25) is 9.69 Å². The Bertz CT molecular complexity index is 1800. The molecular formula is C36H39F3N4O7. The molecule has 2 atom stereocenters. The second kappa shape index (κ2) is 13.0. The number of methoxy groups -OCH3 is 1. The molecule has 50 heavy (non-hydrogen) atoms. The zero-order valence-electron chi connectivity index (χ0n) is 28.2. The number of nitrogens with one attached hydrogen (secondary N) is 1. The van der Waals surface area contributed by atoms with Crippen LogP contribution in [0.15, 0.2) is 60.7 Å². The maximum absolute atomic E-state index is 14.1. The van der Waals surface area contributed by atoms with Gasteiger partial charge in [0.15, 0.2) is 0 Å². The van der Waals surface area contributed by atoms with E-state index in [0.29, 0.717) is 24.1 Å². The molecule has 3 amide bonds. The number of nitrogens with zero attached hydrogens (tertiary/aromatic N) is 3. The van der Waals surface area contributed by atoms with Crippen molar-refractivity contribution in [3.8, 4) is 0 Å². The van der Waals surface area contributed by atoms with E-state index in [9.17, 15) is 32.3 Å². The zero-order valence-corrected chi connectivity index (χ0v) is 28.2. The van der Waals surface area contributed by atoms with Crippen molar-refractivity contribution in [1.29, 1.82) is 0 Å². The van der Waals surface area contributed by atoms with Crippen molar-refractivity contribution in [2.75, 3.05) is 20.2 Å². The maximum Gasteiger partial charge on any atom is 0.416 e. The van der Waals surface area contributed by atoms with Crippen molar-refractivity contribution in [2.24, 2.45) is 0 Å². The van der Waals surface area contributed by atoms with Crippen LogP contribution in [0.3, 0.4) is 0 Å². The van der Waals surface area contributed by atoms with Crippen molar-refractivity contribution in [3.05, 3.63) is 94.3 Å². The van der Waals surface area contributed by atoms with E-state index < -0.39 is 59.1 Å². The Hall–Kier alpha value is -5.01. The highest BCUT2D eigenvalue weighted by Crippen LogP contribution is 2.53. The third kappa shape index (κ3) is 7.01. The molecule has 1 saturated heterocycles. The van der Waals surface area contributed by atoms with Gasteiger partial charge in [0.2, 0.25) is 0 Å². The van der Waals surface area contributed by atoms with E-state index in [4.69, 9.17) is 14.2 Å². The smallest absolute Gasteiger partial charge is 0.416 e. The number of aromatic nitrogens is 1. The number of amides is 3. The summed E-state index contributed by atoms with van der Waals surface area (Å²) in [6.07, 6.45) is -5.39. The van der Waals surface area contributed by atoms with Crippen LogP contribution in [0.1, 0.15) is 76.8 Å². The van der Waals surface area contributed by atoms with Crippen LogP contribution in [-0.2, 0) is 45.4 Å². The number of hydrogen-bond acceptors (Lipinski definition) is 7. The Morgan fingerprint density at radius 3 is 2.38 bits per heavy atom. The molecule has 3 aliphatic rings. The summed E-state index contributed by atoms with van der Waals surface area (Å²) in [6, 6.07) is 15.0. The van der Waals surface area contributed by atoms with Crippen LogP contribution in [0.5, 0.6) is 0 Å². The molecule has 0 spiro atoms. The second-order valence-corrected chi connectivity index (χ2v) is 13.8. The maximum atomic E-state index is 14.1. The highest BCUT2D eigenvalue weighted by atomic mass is 19.4. The highest BCUT2D eigenvalue weighted by molar-refractivity contribution is 5.99. The minimum atomic E-state index is -4.54. The van der Waals surface area contributed by atoms with Crippen LogP contribution in [-0.4, -0.2) is 76.4 Å². The second-order valence-electron chi connectivity index (χ2n) is 13.8. The van der Waals surface area contributed by atoms with Gasteiger partial charge in [0.05, 0.1) is 48.6 Å². The summed E-state index contributed by atoms with van der Waals surface area (Å²) in [5.41, 5.74) is -0.538. The molecule has 1 N–H and O–H groups in total. The molecule has 0 radical (unpaired) electrons. The first-order valence-electron chi connectivity index (χ1n) is 16.4. The number of halogens is 3. The number of cyclic esters (lactones) is 1. The molecule has 0 bridgehead atoms. The van der Waals surface area contributed by atoms with Gasteiger partial charge in [0.25, 0.3) is 5.91 Å². The van der Waals surface area contributed by atoms with Crippen molar-refractivity contribution >= 4 is 24.1 Å². The Morgan fingerprint density at radius 2 is 1.74 bits per heavy atom. The van der Waals surface area contributed by atoms with Gasteiger partial charge in [-0.25, -0.2) is 14.4 Å². The quantitative estimate of drug-likeness (QED) is 0.230. The average Bonchev–Trinajstić information content (AvgIpc) is 3.64. The first-order chi connectivity index (χ1) is 23.6. The van der Waals surface area contributed by atoms with E-state index in [1.807, 2.05) is 30.3 Å². The fourth-order valence-corrected chi connectivity index (χ4v) is 6.70. The summed E-state index contributed by atoms with van der Waals surface area (Å²) in [5, 5.41) is 3.02. The first kappa shape index (κ1) is 34.8. The topological polar surface area (TPSA) is 119 Å². The predicted molar refractivity (Wildman–Crippen MR) is 173 cm³/mol. The fourth-order valence-electron chi connectivity index (χ4n) is 6.70. The Morgan fingerprint density at radius 1 is 1.02 bits per heavy atom. The molecule has 3 heterocycles. The van der Waals surface area contributed by atoms with Crippen LogP contribution >= 0.6 is 0 Å². The van der Waals surface area contributed by atoms with Gasteiger partial charge in [-0.2, -0.15) is 13.2 Å². The number of carbonyl (C=O) groups excluding carboxylic acids is 4. The summed E-state index contributed by atoms with van der Waals surface area (Å²) in [4.78, 5) is 56.1. The zero-order chi connectivity index (χ0) is 36.0. The average molecular weight is 697 g/mol. The molecule has 1 saturated carbocycles. The fraction of sp³-hybridized carbons (Fsp3) is 0.444. The number of ether oxygens (including phenoxy) is 3. The van der Waals surface area contributed by atoms with Crippen LogP contribution in [0.2, 0.25) is 0 Å². The number of esters is 1. The van der Waals surface area contributed by atoms with Gasteiger partial charge < -0.3 is 29.0 Å². The summed E-state index contributed by atoms with van der Waals surface area (Å²) in [5.74, 6) is -1.22. The lowest BCUT2D eigenvalue weighted by Crippen LogP contribution is -2.48. The van der Waals surface area contributed by atoms with Gasteiger partial charge >= 0.3 is 24.3 Å². The van der Waals surface area contributed by atoms with Crippen molar-refractivity contribution in [1.82, 2.24) is 19.7 Å². The number of hydrogen-bond donors (Lipinski definition) is 1. The highest BCUT2D eigenvalue weighted by Gasteiger charge is 2.56. The SMILES string of the molecule is COC(=O)c1cc(C(=O)N[C@@H](Cc2ccccc2)[C@H]2CN(C3(c4cccc(C(F)(F)F)c4)CC3)C(=O)O2)n2c1CN(C(=O)OC(C)(C)C)CC2. The molecule has 1 aromatic heterocycles. The van der Waals surface area contributed by atoms with Gasteiger partial charge in [-0.1, -0.05) is 42.5 Å². The van der Waals surface area contributed by atoms with Gasteiger partial charge in [-0.05, 0) is 69.4 Å². The Balaban J connectivity index is 1.27. The number of fused-ring (bicyclic) bond motifs is 1. The van der Waals surface area contributed by atoms with Crippen molar-refractivity contribution < 1.29 is 46.6 Å². The van der Waals surface area contributed by atoms with Gasteiger partial charge in [0.1, 0.15) is 17.4 Å². The molecule has 6 rings (SSSR count). The summed E-state index contributed by atoms with van der Waals surface area (Å²) in [7, 11) is 1.22. The van der Waals surface area contributed by atoms with Gasteiger partial charge in [-0.15, -0.1) is 0 Å². The lowest BCUT2D eigenvalue weighted by molar-refractivity contribution is -0.137. The van der Waals surface area contributed by atoms with E-state index in [1.54, 1.807) is 31.4 Å². The standard InChI is InChI=1S/C36H39F3N4O7/c1-34(2,3)50-32(46)41-15-16-42-27(19-25(28(42)20-41)31(45)48-4)30(44)40-26(17-22-9-6-5-7-10-22)29-21-43(33(47)49-29)35(13-14-35)23-11-8-12-24(18-23)36(37,38)39/h5-12,18-19,26,29H,13-17,20-21H2,1-4H3,(H,40,44)/t26-,29+/m0/s1. The van der Waals surface area contributed by atoms with Gasteiger partial charge in [0, 0.05) is 13.1 Å². The molecule has 266 valence electrons. The lowest BCUT2D eigenvalue weighted by Gasteiger charge is -2.32. The third-order valence-corrected chi connectivity index (χ3v) is 9.30. The predicted octanol–water partition coefficient (Wildman–Crippen LogP) is 5.90. The molecular weight excluding hydrogens is 657 g/mol. The number of benzene rings is 2. The van der Waals surface area contributed by atoms with Crippen LogP contribution < -0.4 is 5.32 Å². The minimum absolute atomic E-state index is 0.00684. The van der Waals surface area contributed by atoms with Crippen molar-refractivity contribution in [3.63, 3.8) is 0 Å². The van der Waals surface area contributed by atoms with Crippen LogP contribution in [0.25, 0.3) is 0 Å². The molecule has 11 nitrogen and oxygen atoms in total. The molecule has 0 unspecified atom stereocenters. The largest absolute Gasteiger partial charge is 0.465 e. The molecule has 14 heteroatoms. The monoisotopic (exact) mass is 696 g/mol. The molecule has 2 fully saturated rings.